The van der Waals surface area contributed by atoms with E-state index in [0.29, 0.717) is 58.8 Å². The van der Waals surface area contributed by atoms with Gasteiger partial charge in [0.2, 0.25) is 27.6 Å². The Morgan fingerprint density at radius 2 is 2.09 bits per heavy atom. The normalized spacial score (nSPS) is 17.2. The summed E-state index contributed by atoms with van der Waals surface area (Å²) in [6, 6.07) is 8.85. The van der Waals surface area contributed by atoms with E-state index >= 15 is 0 Å². The van der Waals surface area contributed by atoms with Gasteiger partial charge in [-0.2, -0.15) is 9.29 Å². The summed E-state index contributed by atoms with van der Waals surface area (Å²) < 4.78 is 33.4. The molecular weight excluding hydrogens is 484 g/mol. The number of carbonyl (C=O) groups excluding carboxylic acids is 1. The summed E-state index contributed by atoms with van der Waals surface area (Å²) in [5, 5.41) is 7.50. The zero-order valence-corrected chi connectivity index (χ0v) is 20.8. The molecule has 8 nitrogen and oxygen atoms in total. The number of aromatic nitrogens is 2. The highest BCUT2D eigenvalue weighted by atomic mass is 35.5. The first-order valence-corrected chi connectivity index (χ1v) is 13.4. The van der Waals surface area contributed by atoms with Crippen molar-refractivity contribution in [3.05, 3.63) is 51.7 Å². The van der Waals surface area contributed by atoms with Gasteiger partial charge in [-0.3, -0.25) is 4.79 Å². The molecule has 1 atom stereocenters. The molecule has 1 aliphatic heterocycles. The van der Waals surface area contributed by atoms with Gasteiger partial charge in [0.15, 0.2) is 0 Å². The fraction of sp³-hybridized carbons (Fsp3) is 0.409. The summed E-state index contributed by atoms with van der Waals surface area (Å²) in [7, 11) is -3.75. The molecular formula is C22H25ClN4O4S2. The molecule has 1 N–H and O–H groups in total. The average Bonchev–Trinajstić information content (AvgIpc) is 3.45. The predicted octanol–water partition coefficient (Wildman–Crippen LogP) is 4.04. The average molecular weight is 509 g/mol. The van der Waals surface area contributed by atoms with Gasteiger partial charge in [-0.25, -0.2) is 8.42 Å². The summed E-state index contributed by atoms with van der Waals surface area (Å²) in [4.78, 5) is 18.6. The number of nitrogens with one attached hydrogen (secondary N) is 1. The van der Waals surface area contributed by atoms with Crippen LogP contribution in [-0.4, -0.2) is 41.9 Å². The lowest BCUT2D eigenvalue weighted by Gasteiger charge is -2.31. The second-order valence-corrected chi connectivity index (χ2v) is 11.5. The molecule has 1 fully saturated rings. The Morgan fingerprint density at radius 3 is 2.79 bits per heavy atom. The number of rotatable bonds is 7. The lowest BCUT2D eigenvalue weighted by atomic mass is 9.99. The van der Waals surface area contributed by atoms with E-state index in [1.165, 1.54) is 15.6 Å². The number of aryl methyl sites for hydroxylation is 2. The van der Waals surface area contributed by atoms with Gasteiger partial charge in [0.05, 0.1) is 15.7 Å². The number of benzene rings is 1. The number of sulfonamides is 1. The van der Waals surface area contributed by atoms with Crippen LogP contribution in [0.5, 0.6) is 0 Å². The third-order valence-electron chi connectivity index (χ3n) is 5.62. The van der Waals surface area contributed by atoms with E-state index in [1.807, 2.05) is 19.1 Å². The molecule has 1 saturated heterocycles. The predicted molar refractivity (Wildman–Crippen MR) is 127 cm³/mol. The van der Waals surface area contributed by atoms with Crippen molar-refractivity contribution >= 4 is 38.9 Å². The van der Waals surface area contributed by atoms with E-state index in [4.69, 9.17) is 16.1 Å². The second kappa shape index (κ2) is 9.92. The summed E-state index contributed by atoms with van der Waals surface area (Å²) in [5.41, 5.74) is 0.933. The van der Waals surface area contributed by atoms with E-state index in [1.54, 1.807) is 25.1 Å². The maximum absolute atomic E-state index is 13.4. The van der Waals surface area contributed by atoms with Gasteiger partial charge in [-0.1, -0.05) is 35.8 Å². The summed E-state index contributed by atoms with van der Waals surface area (Å²) >= 11 is 7.22. The lowest BCUT2D eigenvalue weighted by molar-refractivity contribution is -0.126. The molecule has 3 aromatic rings. The molecule has 2 aromatic heterocycles. The molecule has 0 spiro atoms. The number of carbonyl (C=O) groups is 1. The number of amides is 1. The van der Waals surface area contributed by atoms with Crippen LogP contribution in [0.3, 0.4) is 0 Å². The van der Waals surface area contributed by atoms with Crippen molar-refractivity contribution in [1.82, 2.24) is 19.8 Å². The van der Waals surface area contributed by atoms with Gasteiger partial charge in [0.25, 0.3) is 0 Å². The van der Waals surface area contributed by atoms with E-state index in [9.17, 15) is 13.2 Å². The maximum Gasteiger partial charge on any atom is 0.244 e. The first-order chi connectivity index (χ1) is 15.8. The Morgan fingerprint density at radius 1 is 1.33 bits per heavy atom. The highest BCUT2D eigenvalue weighted by Gasteiger charge is 2.35. The van der Waals surface area contributed by atoms with Crippen LogP contribution in [-0.2, 0) is 27.8 Å². The largest absolute Gasteiger partial charge is 0.352 e. The van der Waals surface area contributed by atoms with Crippen LogP contribution in [0, 0.1) is 12.8 Å². The number of nitrogens with zero attached hydrogens (tertiary/aromatic N) is 3. The minimum atomic E-state index is -3.75. The van der Waals surface area contributed by atoms with E-state index in [-0.39, 0.29) is 17.3 Å². The van der Waals surface area contributed by atoms with Gasteiger partial charge in [-0.15, -0.1) is 11.3 Å². The van der Waals surface area contributed by atoms with E-state index < -0.39 is 15.9 Å². The fourth-order valence-electron chi connectivity index (χ4n) is 3.78. The number of halogens is 1. The van der Waals surface area contributed by atoms with Crippen molar-refractivity contribution in [2.75, 3.05) is 13.1 Å². The monoisotopic (exact) mass is 508 g/mol. The minimum Gasteiger partial charge on any atom is -0.352 e. The van der Waals surface area contributed by atoms with Crippen molar-refractivity contribution < 1.29 is 17.7 Å². The molecule has 1 amide bonds. The highest BCUT2D eigenvalue weighted by Crippen LogP contribution is 2.35. The summed E-state index contributed by atoms with van der Waals surface area (Å²) in [6.07, 6.45) is 1.88. The first-order valence-electron chi connectivity index (χ1n) is 10.7. The SMILES string of the molecule is CCc1nc(-c2cc(S(=O)(=O)N3CCCC(C(=O)NCc4ccc(Cl)cc4)C3)c(C)s2)no1. The van der Waals surface area contributed by atoms with Crippen LogP contribution in [0.1, 0.15) is 36.1 Å². The quantitative estimate of drug-likeness (QED) is 0.516. The number of piperidine rings is 1. The Balaban J connectivity index is 1.45. The number of hydrogen-bond donors (Lipinski definition) is 1. The minimum absolute atomic E-state index is 0.147. The van der Waals surface area contributed by atoms with Crippen molar-refractivity contribution in [3.63, 3.8) is 0 Å². The molecule has 4 rings (SSSR count). The van der Waals surface area contributed by atoms with Crippen LogP contribution in [0.25, 0.3) is 10.7 Å². The molecule has 0 saturated carbocycles. The lowest BCUT2D eigenvalue weighted by Crippen LogP contribution is -2.45. The van der Waals surface area contributed by atoms with Crippen LogP contribution in [0.2, 0.25) is 5.02 Å². The first kappa shape index (κ1) is 23.9. The standard InChI is InChI=1S/C22H25ClN4O4S2/c1-3-20-25-21(26-31-20)18-11-19(14(2)32-18)33(29,30)27-10-4-5-16(13-27)22(28)24-12-15-6-8-17(23)9-7-15/h6-9,11,16H,3-5,10,12-13H2,1-2H3,(H,24,28). The van der Waals surface area contributed by atoms with Gasteiger partial charge in [0.1, 0.15) is 0 Å². The molecule has 1 unspecified atom stereocenters. The molecule has 3 heterocycles. The smallest absolute Gasteiger partial charge is 0.244 e. The molecule has 0 aliphatic carbocycles. The third-order valence-corrected chi connectivity index (χ3v) is 9.03. The van der Waals surface area contributed by atoms with Gasteiger partial charge >= 0.3 is 0 Å². The Kier molecular flexibility index (Phi) is 7.18. The molecule has 176 valence electrons. The number of thiophene rings is 1. The van der Waals surface area contributed by atoms with E-state index in [0.717, 1.165) is 5.56 Å². The zero-order valence-electron chi connectivity index (χ0n) is 18.4. The Labute approximate surface area is 202 Å². The summed E-state index contributed by atoms with van der Waals surface area (Å²) in [6.45, 7) is 4.59. The zero-order chi connectivity index (χ0) is 23.6. The van der Waals surface area contributed by atoms with Crippen molar-refractivity contribution in [2.24, 2.45) is 5.92 Å². The third kappa shape index (κ3) is 5.29. The van der Waals surface area contributed by atoms with E-state index in [2.05, 4.69) is 15.5 Å². The van der Waals surface area contributed by atoms with Crippen LogP contribution < -0.4 is 5.32 Å². The van der Waals surface area contributed by atoms with Gasteiger partial charge in [0, 0.05) is 36.0 Å². The molecule has 1 aromatic carbocycles. The van der Waals surface area contributed by atoms with Crippen LogP contribution in [0.4, 0.5) is 0 Å². The molecule has 11 heteroatoms. The topological polar surface area (TPSA) is 105 Å². The van der Waals surface area contributed by atoms with Crippen molar-refractivity contribution in [2.45, 2.75) is 44.6 Å². The fourth-order valence-corrected chi connectivity index (χ4v) is 6.92. The van der Waals surface area contributed by atoms with Crippen molar-refractivity contribution in [3.8, 4) is 10.7 Å². The highest BCUT2D eigenvalue weighted by molar-refractivity contribution is 7.89. The number of hydrogen-bond acceptors (Lipinski definition) is 7. The summed E-state index contributed by atoms with van der Waals surface area (Å²) in [5.74, 6) is 0.346. The van der Waals surface area contributed by atoms with Gasteiger partial charge in [-0.05, 0) is 43.5 Å². The van der Waals surface area contributed by atoms with Crippen LogP contribution >= 0.6 is 22.9 Å². The molecule has 1 aliphatic rings. The Hall–Kier alpha value is -2.27. The maximum atomic E-state index is 13.4. The van der Waals surface area contributed by atoms with Crippen molar-refractivity contribution in [1.29, 1.82) is 0 Å². The molecule has 0 bridgehead atoms. The molecule has 0 radical (unpaired) electrons. The van der Waals surface area contributed by atoms with Crippen LogP contribution in [0.15, 0.2) is 39.8 Å². The Bertz CT molecular complexity index is 1240. The second-order valence-electron chi connectivity index (χ2n) is 7.94. The molecule has 33 heavy (non-hydrogen) atoms. The van der Waals surface area contributed by atoms with Gasteiger partial charge < -0.3 is 9.84 Å².